The van der Waals surface area contributed by atoms with Gasteiger partial charge < -0.3 is 28.5 Å². The topological polar surface area (TPSA) is 3.24 Å². The monoisotopic (exact) mass is 450 g/mol. The summed E-state index contributed by atoms with van der Waals surface area (Å²) in [5.74, 6) is 0. The van der Waals surface area contributed by atoms with Crippen LogP contribution in [0.3, 0.4) is 0 Å². The number of hydrogen-bond donors (Lipinski definition) is 0. The predicted molar refractivity (Wildman–Crippen MR) is 102 cm³/mol. The van der Waals surface area contributed by atoms with Gasteiger partial charge in [-0.1, -0.05) is 74.0 Å². The van der Waals surface area contributed by atoms with Crippen molar-refractivity contribution in [3.05, 3.63) is 71.8 Å². The van der Waals surface area contributed by atoms with E-state index >= 15 is 0 Å². The van der Waals surface area contributed by atoms with E-state index in [9.17, 15) is 0 Å². The third-order valence-corrected chi connectivity index (χ3v) is 5.50. The summed E-state index contributed by atoms with van der Waals surface area (Å²) in [5, 5.41) is 0. The molecule has 1 fully saturated rings. The van der Waals surface area contributed by atoms with Gasteiger partial charge in [0.15, 0.2) is 0 Å². The molecule has 2 nitrogen and oxygen atoms in total. The number of hydrogen-bond acceptors (Lipinski definition) is 1. The highest BCUT2D eigenvalue weighted by molar-refractivity contribution is 5.31. The van der Waals surface area contributed by atoms with Gasteiger partial charge in [-0.2, -0.15) is 0 Å². The van der Waals surface area contributed by atoms with Crippen molar-refractivity contribution in [2.45, 2.75) is 25.8 Å². The van der Waals surface area contributed by atoms with Gasteiger partial charge in [0.2, 0.25) is 0 Å². The van der Waals surface area contributed by atoms with Crippen LogP contribution in [-0.2, 0) is 0 Å². The zero-order chi connectivity index (χ0) is 16.8. The molecule has 1 aliphatic rings. The molecular formula is C22H31IN2. The van der Waals surface area contributed by atoms with Crippen LogP contribution in [0.25, 0.3) is 0 Å². The molecule has 0 amide bonds. The van der Waals surface area contributed by atoms with Gasteiger partial charge in [0.25, 0.3) is 0 Å². The van der Waals surface area contributed by atoms with Crippen molar-refractivity contribution in [3.8, 4) is 0 Å². The molecule has 0 aromatic heterocycles. The van der Waals surface area contributed by atoms with Crippen molar-refractivity contribution in [3.63, 3.8) is 0 Å². The molecule has 0 spiro atoms. The maximum atomic E-state index is 2.68. The van der Waals surface area contributed by atoms with Gasteiger partial charge in [0.1, 0.15) is 0 Å². The predicted octanol–water partition coefficient (Wildman–Crippen LogP) is 1.34. The van der Waals surface area contributed by atoms with Gasteiger partial charge in [-0.3, -0.25) is 4.90 Å². The first-order valence-corrected chi connectivity index (χ1v) is 9.39. The number of benzene rings is 2. The lowest BCUT2D eigenvalue weighted by molar-refractivity contribution is -0.914. The zero-order valence-electron chi connectivity index (χ0n) is 15.6. The molecule has 1 heterocycles. The van der Waals surface area contributed by atoms with Gasteiger partial charge in [0, 0.05) is 13.1 Å². The molecule has 3 rings (SSSR count). The number of likely N-dealkylation sites (N-methyl/N-ethyl adjacent to an activating group) is 1. The summed E-state index contributed by atoms with van der Waals surface area (Å²) in [6.45, 7) is 8.49. The van der Waals surface area contributed by atoms with Crippen LogP contribution >= 0.6 is 0 Å². The smallest absolute Gasteiger partial charge is 0.0914 e. The first-order valence-electron chi connectivity index (χ1n) is 9.39. The van der Waals surface area contributed by atoms with E-state index in [0.29, 0.717) is 6.04 Å². The molecule has 0 saturated carbocycles. The second-order valence-corrected chi connectivity index (χ2v) is 7.40. The minimum atomic E-state index is 0. The van der Waals surface area contributed by atoms with E-state index < -0.39 is 0 Å². The number of unbranched alkanes of at least 4 members (excludes halogenated alkanes) is 1. The highest BCUT2D eigenvalue weighted by atomic mass is 127. The average Bonchev–Trinajstić information content (AvgIpc) is 2.64. The molecule has 136 valence electrons. The van der Waals surface area contributed by atoms with Crippen molar-refractivity contribution in [2.24, 2.45) is 0 Å². The number of piperazine rings is 1. The summed E-state index contributed by atoms with van der Waals surface area (Å²) in [6, 6.07) is 22.4. The van der Waals surface area contributed by atoms with Crippen LogP contribution in [0.15, 0.2) is 60.7 Å². The molecule has 0 unspecified atom stereocenters. The van der Waals surface area contributed by atoms with Crippen molar-refractivity contribution < 1.29 is 28.5 Å². The van der Waals surface area contributed by atoms with Crippen molar-refractivity contribution >= 4 is 0 Å². The van der Waals surface area contributed by atoms with E-state index in [2.05, 4.69) is 79.5 Å². The van der Waals surface area contributed by atoms with Crippen LogP contribution in [-0.4, -0.2) is 49.2 Å². The second kappa shape index (κ2) is 9.70. The van der Waals surface area contributed by atoms with Crippen LogP contribution in [0.4, 0.5) is 0 Å². The maximum absolute atomic E-state index is 2.68. The molecule has 0 radical (unpaired) electrons. The summed E-state index contributed by atoms with van der Waals surface area (Å²) < 4.78 is 1.24. The molecule has 1 saturated heterocycles. The first kappa shape index (κ1) is 20.4. The first-order chi connectivity index (χ1) is 11.7. The van der Waals surface area contributed by atoms with Crippen molar-refractivity contribution in [1.29, 1.82) is 0 Å². The summed E-state index contributed by atoms with van der Waals surface area (Å²) in [7, 11) is 2.44. The van der Waals surface area contributed by atoms with Gasteiger partial charge in [-0.15, -0.1) is 0 Å². The lowest BCUT2D eigenvalue weighted by Crippen LogP contribution is -3.00. The zero-order valence-corrected chi connectivity index (χ0v) is 17.7. The van der Waals surface area contributed by atoms with Gasteiger partial charge >= 0.3 is 0 Å². The summed E-state index contributed by atoms with van der Waals surface area (Å²) >= 11 is 0. The standard InChI is InChI=1S/C22H31N2.HI/c1-3-4-17-24(2)18-15-23(16-19-24)22(20-11-7-5-8-12-20)21-13-9-6-10-14-21;/h5-14,22H,3-4,15-19H2,1-2H3;1H/q+1;/p-1. The Morgan fingerprint density at radius 1 is 0.880 bits per heavy atom. The summed E-state index contributed by atoms with van der Waals surface area (Å²) in [4.78, 5) is 2.68. The van der Waals surface area contributed by atoms with Gasteiger partial charge in [-0.25, -0.2) is 0 Å². The molecular weight excluding hydrogens is 419 g/mol. The molecule has 2 aromatic rings. The highest BCUT2D eigenvalue weighted by Crippen LogP contribution is 2.30. The Balaban J connectivity index is 0.00000225. The number of nitrogens with zero attached hydrogens (tertiary/aromatic N) is 2. The fraction of sp³-hybridized carbons (Fsp3) is 0.455. The lowest BCUT2D eigenvalue weighted by atomic mass is 9.96. The Bertz CT molecular complexity index is 567. The Hall–Kier alpha value is -0.910. The van der Waals surface area contributed by atoms with Crippen LogP contribution in [0.5, 0.6) is 0 Å². The van der Waals surface area contributed by atoms with Crippen LogP contribution < -0.4 is 24.0 Å². The fourth-order valence-corrected chi connectivity index (χ4v) is 3.87. The van der Waals surface area contributed by atoms with E-state index in [-0.39, 0.29) is 24.0 Å². The molecule has 25 heavy (non-hydrogen) atoms. The number of halogens is 1. The molecule has 2 aromatic carbocycles. The average molecular weight is 450 g/mol. The minimum Gasteiger partial charge on any atom is -1.00 e. The van der Waals surface area contributed by atoms with E-state index in [4.69, 9.17) is 0 Å². The summed E-state index contributed by atoms with van der Waals surface area (Å²) in [6.07, 6.45) is 2.64. The number of quaternary nitrogens is 1. The molecule has 0 atom stereocenters. The maximum Gasteiger partial charge on any atom is 0.0914 e. The van der Waals surface area contributed by atoms with Crippen LogP contribution in [0, 0.1) is 0 Å². The van der Waals surface area contributed by atoms with Crippen molar-refractivity contribution in [2.75, 3.05) is 39.8 Å². The third-order valence-electron chi connectivity index (χ3n) is 5.50. The van der Waals surface area contributed by atoms with Crippen molar-refractivity contribution in [1.82, 2.24) is 4.90 Å². The Kier molecular flexibility index (Phi) is 7.91. The van der Waals surface area contributed by atoms with E-state index in [0.717, 1.165) is 0 Å². The lowest BCUT2D eigenvalue weighted by Gasteiger charge is -2.44. The highest BCUT2D eigenvalue weighted by Gasteiger charge is 2.32. The fourth-order valence-electron chi connectivity index (χ4n) is 3.87. The minimum absolute atomic E-state index is 0. The largest absolute Gasteiger partial charge is 1.00 e. The molecule has 1 aliphatic heterocycles. The number of rotatable bonds is 6. The quantitative estimate of drug-likeness (QED) is 0.475. The van der Waals surface area contributed by atoms with Gasteiger partial charge in [-0.05, 0) is 17.5 Å². The van der Waals surface area contributed by atoms with Crippen LogP contribution in [0.2, 0.25) is 0 Å². The molecule has 0 aliphatic carbocycles. The molecule has 0 N–H and O–H groups in total. The Labute approximate surface area is 170 Å². The van der Waals surface area contributed by atoms with Crippen LogP contribution in [0.1, 0.15) is 36.9 Å². The van der Waals surface area contributed by atoms with E-state index in [1.165, 1.54) is 61.2 Å². The Morgan fingerprint density at radius 3 is 1.80 bits per heavy atom. The SMILES string of the molecule is CCCC[N+]1(C)CCN(C(c2ccccc2)c2ccccc2)CC1.[I-]. The second-order valence-electron chi connectivity index (χ2n) is 7.40. The Morgan fingerprint density at radius 2 is 1.36 bits per heavy atom. The normalized spacial score (nSPS) is 17.2. The van der Waals surface area contributed by atoms with E-state index in [1.54, 1.807) is 0 Å². The molecule has 3 heteroatoms. The van der Waals surface area contributed by atoms with Gasteiger partial charge in [0.05, 0.1) is 32.7 Å². The summed E-state index contributed by atoms with van der Waals surface area (Å²) in [5.41, 5.74) is 2.82. The third kappa shape index (κ3) is 5.28. The van der Waals surface area contributed by atoms with E-state index in [1.807, 2.05) is 0 Å². The molecule has 0 bridgehead atoms.